The SMILES string of the molecule is Fc1ccc(C2=NN(c3ccccc3)CN(c3ccccc3)N2)cc1. The number of anilines is 2. The number of hydrogen-bond acceptors (Lipinski definition) is 4. The first-order valence-corrected chi connectivity index (χ1v) is 8.06. The monoisotopic (exact) mass is 332 g/mol. The summed E-state index contributed by atoms with van der Waals surface area (Å²) >= 11 is 0. The van der Waals surface area contributed by atoms with Crippen LogP contribution in [0.1, 0.15) is 5.56 Å². The van der Waals surface area contributed by atoms with Gasteiger partial charge in [-0.15, -0.1) is 0 Å². The van der Waals surface area contributed by atoms with E-state index in [1.807, 2.05) is 70.7 Å². The molecule has 25 heavy (non-hydrogen) atoms. The van der Waals surface area contributed by atoms with Crippen molar-refractivity contribution in [2.45, 2.75) is 0 Å². The van der Waals surface area contributed by atoms with Crippen molar-refractivity contribution in [2.75, 3.05) is 16.7 Å². The molecule has 0 aromatic heterocycles. The van der Waals surface area contributed by atoms with Crippen molar-refractivity contribution in [3.05, 3.63) is 96.3 Å². The molecular weight excluding hydrogens is 315 g/mol. The van der Waals surface area contributed by atoms with Gasteiger partial charge in [0.2, 0.25) is 0 Å². The number of nitrogens with one attached hydrogen (secondary N) is 1. The molecule has 0 saturated carbocycles. The zero-order valence-corrected chi connectivity index (χ0v) is 13.5. The second kappa shape index (κ2) is 6.65. The average molecular weight is 332 g/mol. The Kier molecular flexibility index (Phi) is 4.04. The summed E-state index contributed by atoms with van der Waals surface area (Å²) in [5.74, 6) is 0.402. The summed E-state index contributed by atoms with van der Waals surface area (Å²) in [7, 11) is 0. The lowest BCUT2D eigenvalue weighted by molar-refractivity contribution is 0.627. The first-order chi connectivity index (χ1) is 12.3. The predicted molar refractivity (Wildman–Crippen MR) is 98.8 cm³/mol. The van der Waals surface area contributed by atoms with Crippen molar-refractivity contribution < 1.29 is 4.39 Å². The number of halogens is 1. The fourth-order valence-corrected chi connectivity index (χ4v) is 2.70. The number of para-hydroxylation sites is 2. The fraction of sp³-hybridized carbons (Fsp3) is 0.0500. The maximum absolute atomic E-state index is 13.3. The van der Waals surface area contributed by atoms with Gasteiger partial charge in [0.05, 0.1) is 11.4 Å². The number of amidine groups is 1. The molecule has 0 radical (unpaired) electrons. The molecule has 0 unspecified atom stereocenters. The molecule has 5 heteroatoms. The molecule has 4 nitrogen and oxygen atoms in total. The summed E-state index contributed by atoms with van der Waals surface area (Å²) in [5.41, 5.74) is 6.16. The topological polar surface area (TPSA) is 30.9 Å². The predicted octanol–water partition coefficient (Wildman–Crippen LogP) is 3.98. The van der Waals surface area contributed by atoms with Crippen molar-refractivity contribution >= 4 is 17.2 Å². The molecule has 0 aliphatic carbocycles. The van der Waals surface area contributed by atoms with Crippen molar-refractivity contribution in [3.8, 4) is 0 Å². The van der Waals surface area contributed by atoms with E-state index in [-0.39, 0.29) is 5.82 Å². The largest absolute Gasteiger partial charge is 0.278 e. The summed E-state index contributed by atoms with van der Waals surface area (Å²) < 4.78 is 13.3. The zero-order valence-electron chi connectivity index (χ0n) is 13.5. The molecule has 4 rings (SSSR count). The normalized spacial score (nSPS) is 14.0. The van der Waals surface area contributed by atoms with E-state index < -0.39 is 0 Å². The number of nitrogens with zero attached hydrogens (tertiary/aromatic N) is 3. The minimum absolute atomic E-state index is 0.264. The number of hydrogen-bond donors (Lipinski definition) is 1. The van der Waals surface area contributed by atoms with Gasteiger partial charge < -0.3 is 0 Å². The smallest absolute Gasteiger partial charge is 0.172 e. The van der Waals surface area contributed by atoms with Gasteiger partial charge in [0.1, 0.15) is 12.5 Å². The first-order valence-electron chi connectivity index (χ1n) is 8.06. The molecule has 0 spiro atoms. The lowest BCUT2D eigenvalue weighted by Crippen LogP contribution is -2.53. The summed E-state index contributed by atoms with van der Waals surface area (Å²) in [6, 6.07) is 26.3. The minimum Gasteiger partial charge on any atom is -0.278 e. The van der Waals surface area contributed by atoms with Crippen LogP contribution >= 0.6 is 0 Å². The van der Waals surface area contributed by atoms with Gasteiger partial charge in [-0.2, -0.15) is 5.10 Å². The van der Waals surface area contributed by atoms with Crippen molar-refractivity contribution in [1.82, 2.24) is 5.43 Å². The van der Waals surface area contributed by atoms with Crippen LogP contribution in [0.3, 0.4) is 0 Å². The zero-order chi connectivity index (χ0) is 17.1. The van der Waals surface area contributed by atoms with Crippen LogP contribution in [0.25, 0.3) is 0 Å². The Labute approximate surface area is 145 Å². The van der Waals surface area contributed by atoms with Gasteiger partial charge in [-0.3, -0.25) is 10.4 Å². The molecule has 0 bridgehead atoms. The third-order valence-electron chi connectivity index (χ3n) is 3.98. The summed E-state index contributed by atoms with van der Waals surface area (Å²) in [6.45, 7) is 0.554. The summed E-state index contributed by atoms with van der Waals surface area (Å²) in [5, 5.41) is 8.63. The lowest BCUT2D eigenvalue weighted by Gasteiger charge is -2.36. The molecule has 1 heterocycles. The van der Waals surface area contributed by atoms with E-state index in [1.54, 1.807) is 12.1 Å². The van der Waals surface area contributed by atoms with Crippen LogP contribution in [0.15, 0.2) is 90.0 Å². The Bertz CT molecular complexity index is 863. The first kappa shape index (κ1) is 15.2. The van der Waals surface area contributed by atoms with Crippen LogP contribution in [0.2, 0.25) is 0 Å². The maximum Gasteiger partial charge on any atom is 0.172 e. The van der Waals surface area contributed by atoms with Crippen LogP contribution in [-0.2, 0) is 0 Å². The molecule has 1 N–H and O–H groups in total. The third kappa shape index (κ3) is 3.30. The van der Waals surface area contributed by atoms with Crippen molar-refractivity contribution in [2.24, 2.45) is 5.10 Å². The Morgan fingerprint density at radius 1 is 0.760 bits per heavy atom. The number of hydrazone groups is 1. The Hall–Kier alpha value is -3.34. The van der Waals surface area contributed by atoms with Crippen molar-refractivity contribution in [3.63, 3.8) is 0 Å². The Morgan fingerprint density at radius 3 is 2.00 bits per heavy atom. The van der Waals surface area contributed by atoms with Gasteiger partial charge >= 0.3 is 0 Å². The van der Waals surface area contributed by atoms with E-state index in [0.717, 1.165) is 16.9 Å². The number of benzene rings is 3. The molecule has 0 fully saturated rings. The Morgan fingerprint density at radius 2 is 1.36 bits per heavy atom. The highest BCUT2D eigenvalue weighted by molar-refractivity contribution is 6.00. The molecule has 0 saturated heterocycles. The Balaban J connectivity index is 1.73. The number of rotatable bonds is 3. The fourth-order valence-electron chi connectivity index (χ4n) is 2.70. The van der Waals surface area contributed by atoms with E-state index in [0.29, 0.717) is 12.5 Å². The average Bonchev–Trinajstić information content (AvgIpc) is 2.69. The van der Waals surface area contributed by atoms with Gasteiger partial charge in [-0.1, -0.05) is 36.4 Å². The molecule has 1 aliphatic heterocycles. The molecule has 0 atom stereocenters. The van der Waals surface area contributed by atoms with Gasteiger partial charge in [-0.05, 0) is 48.5 Å². The van der Waals surface area contributed by atoms with E-state index >= 15 is 0 Å². The minimum atomic E-state index is -0.264. The van der Waals surface area contributed by atoms with Crippen LogP contribution in [-0.4, -0.2) is 12.5 Å². The van der Waals surface area contributed by atoms with Crippen LogP contribution in [0.5, 0.6) is 0 Å². The second-order valence-electron chi connectivity index (χ2n) is 5.71. The highest BCUT2D eigenvalue weighted by atomic mass is 19.1. The third-order valence-corrected chi connectivity index (χ3v) is 3.98. The molecule has 124 valence electrons. The van der Waals surface area contributed by atoms with Gasteiger partial charge in [0.25, 0.3) is 0 Å². The maximum atomic E-state index is 13.3. The standard InChI is InChI=1S/C20H17FN4/c21-17-13-11-16(12-14-17)20-22-24(18-7-3-1-4-8-18)15-25(23-20)19-9-5-2-6-10-19/h1-14H,15H2,(H,22,23). The highest BCUT2D eigenvalue weighted by Gasteiger charge is 2.21. The summed E-state index contributed by atoms with van der Waals surface area (Å²) in [4.78, 5) is 0. The molecular formula is C20H17FN4. The highest BCUT2D eigenvalue weighted by Crippen LogP contribution is 2.21. The van der Waals surface area contributed by atoms with E-state index in [4.69, 9.17) is 5.10 Å². The van der Waals surface area contributed by atoms with E-state index in [1.165, 1.54) is 12.1 Å². The lowest BCUT2D eigenvalue weighted by atomic mass is 10.2. The quantitative estimate of drug-likeness (QED) is 0.787. The van der Waals surface area contributed by atoms with Crippen LogP contribution in [0.4, 0.5) is 15.8 Å². The molecule has 1 aliphatic rings. The van der Waals surface area contributed by atoms with E-state index in [9.17, 15) is 4.39 Å². The second-order valence-corrected chi connectivity index (χ2v) is 5.71. The van der Waals surface area contributed by atoms with Crippen molar-refractivity contribution in [1.29, 1.82) is 0 Å². The van der Waals surface area contributed by atoms with E-state index in [2.05, 4.69) is 5.43 Å². The number of hydrazine groups is 1. The molecule has 3 aromatic carbocycles. The molecule has 0 amide bonds. The van der Waals surface area contributed by atoms with Gasteiger partial charge in [-0.25, -0.2) is 9.40 Å². The van der Waals surface area contributed by atoms with Gasteiger partial charge in [0, 0.05) is 5.56 Å². The van der Waals surface area contributed by atoms with Crippen LogP contribution in [0, 0.1) is 5.82 Å². The van der Waals surface area contributed by atoms with Crippen LogP contribution < -0.4 is 15.4 Å². The van der Waals surface area contributed by atoms with Gasteiger partial charge in [0.15, 0.2) is 5.84 Å². The molecule has 3 aromatic rings. The summed E-state index contributed by atoms with van der Waals surface area (Å²) in [6.07, 6.45) is 0.